The molecule has 0 saturated carbocycles. The molecule has 0 aromatic heterocycles. The minimum absolute atomic E-state index is 0.230. The van der Waals surface area contributed by atoms with Crippen molar-refractivity contribution in [1.82, 2.24) is 10.0 Å². The number of hydrogen-bond acceptors (Lipinski definition) is 7. The molecule has 0 unspecified atom stereocenters. The van der Waals surface area contributed by atoms with Crippen LogP contribution in [0.3, 0.4) is 0 Å². The monoisotopic (exact) mass is 570 g/mol. The molecule has 190 valence electrons. The second-order valence-corrected chi connectivity index (χ2v) is 10.4. The van der Waals surface area contributed by atoms with Gasteiger partial charge in [0.15, 0.2) is 12.1 Å². The number of anilines is 1. The molecule has 0 aliphatic carbocycles. The summed E-state index contributed by atoms with van der Waals surface area (Å²) in [5.41, 5.74) is 4.17. The fourth-order valence-electron chi connectivity index (χ4n) is 5.01. The number of hydrogen-bond donors (Lipinski definition) is 0. The highest BCUT2D eigenvalue weighted by Crippen LogP contribution is 2.35. The Balaban J connectivity index is 1.25. The van der Waals surface area contributed by atoms with E-state index in [-0.39, 0.29) is 18.5 Å². The lowest BCUT2D eigenvalue weighted by molar-refractivity contribution is -0.135. The first-order chi connectivity index (χ1) is 18.4. The van der Waals surface area contributed by atoms with E-state index in [1.807, 2.05) is 73.7 Å². The summed E-state index contributed by atoms with van der Waals surface area (Å²) in [6.45, 7) is 1.70. The van der Waals surface area contributed by atoms with E-state index in [2.05, 4.69) is 26.3 Å². The second-order valence-electron chi connectivity index (χ2n) is 9.46. The van der Waals surface area contributed by atoms with Crippen LogP contribution >= 0.6 is 15.9 Å². The van der Waals surface area contributed by atoms with Crippen molar-refractivity contribution in [3.8, 4) is 0 Å². The first-order valence-corrected chi connectivity index (χ1v) is 13.0. The lowest BCUT2D eigenvalue weighted by atomic mass is 9.98. The number of rotatable bonds is 5. The molecule has 38 heavy (non-hydrogen) atoms. The molecule has 3 aromatic rings. The van der Waals surface area contributed by atoms with Gasteiger partial charge in [-0.25, -0.2) is 9.91 Å². The van der Waals surface area contributed by atoms with Crippen molar-refractivity contribution in [3.05, 3.63) is 100 Å². The summed E-state index contributed by atoms with van der Waals surface area (Å²) in [4.78, 5) is 41.1. The van der Waals surface area contributed by atoms with Gasteiger partial charge in [-0.3, -0.25) is 19.4 Å². The van der Waals surface area contributed by atoms with Crippen LogP contribution in [0.5, 0.6) is 0 Å². The summed E-state index contributed by atoms with van der Waals surface area (Å²) in [5.74, 6) is -1.22. The molecule has 1 fully saturated rings. The fourth-order valence-corrected chi connectivity index (χ4v) is 5.27. The van der Waals surface area contributed by atoms with E-state index in [0.29, 0.717) is 12.1 Å². The van der Waals surface area contributed by atoms with Gasteiger partial charge in [-0.05, 0) is 42.3 Å². The molecule has 3 aliphatic rings. The third-order valence-electron chi connectivity index (χ3n) is 6.98. The van der Waals surface area contributed by atoms with E-state index in [1.165, 1.54) is 10.0 Å². The third kappa shape index (κ3) is 4.20. The van der Waals surface area contributed by atoms with Gasteiger partial charge in [-0.2, -0.15) is 10.2 Å². The summed E-state index contributed by atoms with van der Waals surface area (Å²) in [6.07, 6.45) is 0.545. The van der Waals surface area contributed by atoms with Crippen molar-refractivity contribution in [3.63, 3.8) is 0 Å². The highest BCUT2D eigenvalue weighted by molar-refractivity contribution is 9.10. The molecule has 0 N–H and O–H groups in total. The summed E-state index contributed by atoms with van der Waals surface area (Å²) in [6, 6.07) is 22.4. The normalized spacial score (nSPS) is 22.3. The first-order valence-electron chi connectivity index (χ1n) is 12.2. The van der Waals surface area contributed by atoms with Crippen molar-refractivity contribution in [2.45, 2.75) is 31.5 Å². The fraction of sp³-hybridized carbons (Fsp3) is 0.214. The molecule has 3 aromatic carbocycles. The Morgan fingerprint density at radius 3 is 2.37 bits per heavy atom. The Hall–Kier alpha value is -4.18. The van der Waals surface area contributed by atoms with Crippen LogP contribution in [0.1, 0.15) is 29.2 Å². The zero-order valence-electron chi connectivity index (χ0n) is 20.4. The third-order valence-corrected chi connectivity index (χ3v) is 7.50. The van der Waals surface area contributed by atoms with Gasteiger partial charge in [0.25, 0.3) is 17.7 Å². The summed E-state index contributed by atoms with van der Waals surface area (Å²) < 4.78 is 0.955. The Labute approximate surface area is 227 Å². The molecule has 3 amide bonds. The largest absolute Gasteiger partial charge is 0.271 e. The van der Waals surface area contributed by atoms with E-state index >= 15 is 0 Å². The Morgan fingerprint density at radius 1 is 0.947 bits per heavy atom. The van der Waals surface area contributed by atoms with Gasteiger partial charge in [0.2, 0.25) is 0 Å². The van der Waals surface area contributed by atoms with Gasteiger partial charge in [0.1, 0.15) is 6.54 Å². The van der Waals surface area contributed by atoms with Crippen LogP contribution in [-0.2, 0) is 14.4 Å². The maximum Gasteiger partial charge on any atom is 0.264 e. The van der Waals surface area contributed by atoms with Gasteiger partial charge < -0.3 is 0 Å². The number of carbonyl (C=O) groups excluding carboxylic acids is 3. The van der Waals surface area contributed by atoms with Gasteiger partial charge in [-0.1, -0.05) is 81.3 Å². The predicted molar refractivity (Wildman–Crippen MR) is 144 cm³/mol. The standard InChI is InChI=1S/C28H23BrN6O3/c1-17-7-13-21(14-8-17)34-27(37)25-26(28(34)38)33(32-30-25)16-24(36)35-23(19-5-3-2-4-6-19)15-22(31-35)18-9-11-20(29)12-10-18/h2-14,23,25-26H,15-16H2,1H3/t23-,25+,26-/m0/s1. The SMILES string of the molecule is Cc1ccc(N2C(=O)[C@@H]3[C@@H](N=NN3CC(=O)N3N=C(c4ccc(Br)cc4)C[C@H]3c3ccccc3)C2=O)cc1. The zero-order chi connectivity index (χ0) is 26.4. The van der Waals surface area contributed by atoms with Crippen LogP contribution in [0.4, 0.5) is 5.69 Å². The average Bonchev–Trinajstić information content (AvgIpc) is 3.61. The van der Waals surface area contributed by atoms with Gasteiger partial charge in [0.05, 0.1) is 17.4 Å². The lowest BCUT2D eigenvalue weighted by Crippen LogP contribution is -2.44. The van der Waals surface area contributed by atoms with Crippen LogP contribution in [-0.4, -0.2) is 52.1 Å². The summed E-state index contributed by atoms with van der Waals surface area (Å²) in [7, 11) is 0. The second kappa shape index (κ2) is 9.60. The number of benzene rings is 3. The predicted octanol–water partition coefficient (Wildman–Crippen LogP) is 4.43. The maximum absolute atomic E-state index is 13.6. The number of imide groups is 1. The molecule has 0 radical (unpaired) electrons. The van der Waals surface area contributed by atoms with Crippen LogP contribution in [0, 0.1) is 6.92 Å². The van der Waals surface area contributed by atoms with Crippen molar-refractivity contribution in [1.29, 1.82) is 0 Å². The molecule has 1 saturated heterocycles. The Kier molecular flexibility index (Phi) is 6.11. The smallest absolute Gasteiger partial charge is 0.264 e. The van der Waals surface area contributed by atoms with Crippen molar-refractivity contribution >= 4 is 45.1 Å². The molecule has 10 heteroatoms. The minimum Gasteiger partial charge on any atom is -0.271 e. The molecule has 0 spiro atoms. The number of fused-ring (bicyclic) bond motifs is 1. The lowest BCUT2D eigenvalue weighted by Gasteiger charge is -2.25. The van der Waals surface area contributed by atoms with Gasteiger partial charge >= 0.3 is 0 Å². The highest BCUT2D eigenvalue weighted by atomic mass is 79.9. The van der Waals surface area contributed by atoms with E-state index in [4.69, 9.17) is 5.10 Å². The molecule has 3 aliphatic heterocycles. The highest BCUT2D eigenvalue weighted by Gasteiger charge is 2.55. The number of carbonyl (C=O) groups is 3. The molecule has 9 nitrogen and oxygen atoms in total. The van der Waals surface area contributed by atoms with Crippen LogP contribution in [0.15, 0.2) is 98.8 Å². The van der Waals surface area contributed by atoms with Crippen LogP contribution < -0.4 is 4.90 Å². The van der Waals surface area contributed by atoms with Crippen molar-refractivity contribution < 1.29 is 14.4 Å². The van der Waals surface area contributed by atoms with Gasteiger partial charge in [0, 0.05) is 10.9 Å². The number of hydrazone groups is 1. The molecule has 6 rings (SSSR count). The number of halogens is 1. The molecular weight excluding hydrogens is 548 g/mol. The Bertz CT molecular complexity index is 1470. The van der Waals surface area contributed by atoms with Crippen molar-refractivity contribution in [2.24, 2.45) is 15.4 Å². The quantitative estimate of drug-likeness (QED) is 0.424. The number of nitrogens with zero attached hydrogens (tertiary/aromatic N) is 6. The molecule has 3 heterocycles. The van der Waals surface area contributed by atoms with Crippen molar-refractivity contribution in [2.75, 3.05) is 11.4 Å². The number of amides is 3. The van der Waals surface area contributed by atoms with Gasteiger partial charge in [-0.15, -0.1) is 0 Å². The maximum atomic E-state index is 13.6. The number of aryl methyl sites for hydroxylation is 1. The summed E-state index contributed by atoms with van der Waals surface area (Å²) in [5, 5.41) is 15.6. The van der Waals surface area contributed by atoms with Crippen LogP contribution in [0.25, 0.3) is 0 Å². The first kappa shape index (κ1) is 24.2. The Morgan fingerprint density at radius 2 is 1.66 bits per heavy atom. The van der Waals surface area contributed by atoms with E-state index < -0.39 is 23.9 Å². The van der Waals surface area contributed by atoms with E-state index in [0.717, 1.165) is 31.8 Å². The van der Waals surface area contributed by atoms with Crippen LogP contribution in [0.2, 0.25) is 0 Å². The molecular formula is C28H23BrN6O3. The van der Waals surface area contributed by atoms with E-state index in [1.54, 1.807) is 12.1 Å². The molecule has 3 atom stereocenters. The zero-order valence-corrected chi connectivity index (χ0v) is 22.0. The average molecular weight is 571 g/mol. The minimum atomic E-state index is -0.970. The van der Waals surface area contributed by atoms with E-state index in [9.17, 15) is 14.4 Å². The summed E-state index contributed by atoms with van der Waals surface area (Å²) >= 11 is 3.46. The molecule has 0 bridgehead atoms. The topological polar surface area (TPSA) is 98.0 Å².